The lowest BCUT2D eigenvalue weighted by Gasteiger charge is -2.35. The van der Waals surface area contributed by atoms with E-state index in [1.54, 1.807) is 24.4 Å². The summed E-state index contributed by atoms with van der Waals surface area (Å²) in [5.74, 6) is 0.617. The van der Waals surface area contributed by atoms with Gasteiger partial charge in [0.2, 0.25) is 11.8 Å². The summed E-state index contributed by atoms with van der Waals surface area (Å²) in [6.45, 7) is 0.965. The topological polar surface area (TPSA) is 77.2 Å². The number of rotatable bonds is 7. The summed E-state index contributed by atoms with van der Waals surface area (Å²) in [6, 6.07) is 9.35. The molecule has 0 spiro atoms. The number of nitrogens with zero attached hydrogens (tertiary/aromatic N) is 1. The third kappa shape index (κ3) is 7.46. The van der Waals surface area contributed by atoms with Gasteiger partial charge in [-0.3, -0.25) is 4.79 Å². The lowest BCUT2D eigenvalue weighted by Crippen LogP contribution is -2.38. The second-order valence-corrected chi connectivity index (χ2v) is 7.28. The van der Waals surface area contributed by atoms with Gasteiger partial charge >= 0.3 is 0 Å². The number of nitrogens with two attached hydrogens (primary N) is 1. The highest BCUT2D eigenvalue weighted by molar-refractivity contribution is 5.85. The summed E-state index contributed by atoms with van der Waals surface area (Å²) >= 11 is 0. The van der Waals surface area contributed by atoms with E-state index in [4.69, 9.17) is 10.5 Å². The van der Waals surface area contributed by atoms with Crippen molar-refractivity contribution in [3.8, 4) is 11.6 Å². The summed E-state index contributed by atoms with van der Waals surface area (Å²) < 4.78 is 18.6. The fourth-order valence-electron chi connectivity index (χ4n) is 3.60. The zero-order valence-electron chi connectivity index (χ0n) is 16.2. The number of aromatic nitrogens is 1. The van der Waals surface area contributed by atoms with Crippen LogP contribution in [-0.4, -0.2) is 17.4 Å². The number of nitrogens with one attached hydrogen (secondary N) is 1. The monoisotopic (exact) mass is 443 g/mol. The minimum absolute atomic E-state index is 0. The van der Waals surface area contributed by atoms with Crippen molar-refractivity contribution in [2.24, 2.45) is 11.1 Å². The highest BCUT2D eigenvalue weighted by atomic mass is 35.5. The molecule has 1 heterocycles. The van der Waals surface area contributed by atoms with Crippen molar-refractivity contribution in [1.29, 1.82) is 0 Å². The van der Waals surface area contributed by atoms with E-state index in [9.17, 15) is 9.18 Å². The van der Waals surface area contributed by atoms with Crippen LogP contribution in [0.5, 0.6) is 11.6 Å². The summed E-state index contributed by atoms with van der Waals surface area (Å²) in [4.78, 5) is 16.6. The zero-order valence-corrected chi connectivity index (χ0v) is 17.9. The Bertz CT molecular complexity index is 769. The minimum atomic E-state index is -0.319. The smallest absolute Gasteiger partial charge is 0.220 e. The average molecular weight is 444 g/mol. The molecule has 2 aromatic rings. The van der Waals surface area contributed by atoms with Crippen LogP contribution in [0.4, 0.5) is 4.39 Å². The van der Waals surface area contributed by atoms with E-state index < -0.39 is 0 Å². The summed E-state index contributed by atoms with van der Waals surface area (Å²) in [6.07, 6.45) is 7.70. The summed E-state index contributed by atoms with van der Waals surface area (Å²) in [5, 5.41) is 2.98. The van der Waals surface area contributed by atoms with Crippen molar-refractivity contribution in [3.63, 3.8) is 0 Å². The van der Waals surface area contributed by atoms with Crippen molar-refractivity contribution >= 4 is 30.7 Å². The van der Waals surface area contributed by atoms with Crippen LogP contribution < -0.4 is 15.8 Å². The summed E-state index contributed by atoms with van der Waals surface area (Å²) in [7, 11) is 0. The fraction of sp³-hybridized carbons (Fsp3) is 0.429. The molecule has 160 valence electrons. The van der Waals surface area contributed by atoms with Crippen molar-refractivity contribution in [2.75, 3.05) is 6.54 Å². The maximum absolute atomic E-state index is 13.0. The van der Waals surface area contributed by atoms with Gasteiger partial charge in [-0.05, 0) is 60.7 Å². The number of amides is 1. The predicted molar refractivity (Wildman–Crippen MR) is 116 cm³/mol. The molecule has 1 saturated carbocycles. The first-order chi connectivity index (χ1) is 13.1. The zero-order chi connectivity index (χ0) is 19.1. The maximum Gasteiger partial charge on any atom is 0.220 e. The molecule has 1 aliphatic carbocycles. The van der Waals surface area contributed by atoms with Crippen LogP contribution >= 0.6 is 24.8 Å². The Balaban J connectivity index is 0.00000210. The number of ether oxygens (including phenoxy) is 1. The van der Waals surface area contributed by atoms with Gasteiger partial charge in [0.05, 0.1) is 0 Å². The highest BCUT2D eigenvalue weighted by Gasteiger charge is 2.32. The number of pyridine rings is 1. The van der Waals surface area contributed by atoms with Gasteiger partial charge in [0.15, 0.2) is 0 Å². The predicted octanol–water partition coefficient (Wildman–Crippen LogP) is 4.77. The standard InChI is InChI=1S/C21H26FN3O2.2ClH/c22-17-4-6-18(7-5-17)27-20-12-16(8-11-24-20)14-25-19(26)13-21(15-23)9-2-1-3-10-21;;/h4-8,11-12H,1-3,9-10,13-15,23H2,(H,25,26);2*1H. The molecule has 0 bridgehead atoms. The van der Waals surface area contributed by atoms with Gasteiger partial charge in [-0.15, -0.1) is 24.8 Å². The normalized spacial score (nSPS) is 14.8. The van der Waals surface area contributed by atoms with E-state index in [2.05, 4.69) is 10.3 Å². The lowest BCUT2D eigenvalue weighted by atomic mass is 9.71. The Labute approximate surface area is 183 Å². The maximum atomic E-state index is 13.0. The lowest BCUT2D eigenvalue weighted by molar-refractivity contribution is -0.124. The molecule has 3 rings (SSSR count). The van der Waals surface area contributed by atoms with Crippen molar-refractivity contribution in [2.45, 2.75) is 45.1 Å². The third-order valence-corrected chi connectivity index (χ3v) is 5.21. The quantitative estimate of drug-likeness (QED) is 0.645. The minimum Gasteiger partial charge on any atom is -0.439 e. The molecular formula is C21H28Cl2FN3O2. The molecule has 29 heavy (non-hydrogen) atoms. The van der Waals surface area contributed by atoms with Crippen LogP contribution in [0.2, 0.25) is 0 Å². The van der Waals surface area contributed by atoms with Crippen LogP contribution in [0.15, 0.2) is 42.6 Å². The van der Waals surface area contributed by atoms with Crippen molar-refractivity contribution in [3.05, 3.63) is 54.0 Å². The van der Waals surface area contributed by atoms with Crippen LogP contribution in [0.25, 0.3) is 0 Å². The highest BCUT2D eigenvalue weighted by Crippen LogP contribution is 2.38. The molecule has 1 aliphatic rings. The van der Waals surface area contributed by atoms with Crippen molar-refractivity contribution in [1.82, 2.24) is 10.3 Å². The third-order valence-electron chi connectivity index (χ3n) is 5.21. The molecule has 1 aromatic heterocycles. The van der Waals surface area contributed by atoms with Crippen LogP contribution in [0, 0.1) is 11.2 Å². The Morgan fingerprint density at radius 3 is 2.48 bits per heavy atom. The second-order valence-electron chi connectivity index (χ2n) is 7.28. The van der Waals surface area contributed by atoms with Gasteiger partial charge in [-0.25, -0.2) is 9.37 Å². The molecule has 0 radical (unpaired) electrons. The molecule has 0 atom stereocenters. The number of hydrogen-bond acceptors (Lipinski definition) is 4. The first kappa shape index (κ1) is 25.1. The Morgan fingerprint density at radius 2 is 1.83 bits per heavy atom. The SMILES string of the molecule is Cl.Cl.NCC1(CC(=O)NCc2ccnc(Oc3ccc(F)cc3)c2)CCCCC1. The average Bonchev–Trinajstić information content (AvgIpc) is 2.69. The van der Waals surface area contributed by atoms with Crippen molar-refractivity contribution < 1.29 is 13.9 Å². The second kappa shape index (κ2) is 12.0. The number of carbonyl (C=O) groups excluding carboxylic acids is 1. The van der Waals surface area contributed by atoms with Crippen LogP contribution in [0.1, 0.15) is 44.1 Å². The van der Waals surface area contributed by atoms with Gasteiger partial charge in [-0.2, -0.15) is 0 Å². The molecule has 1 amide bonds. The van der Waals surface area contributed by atoms with Gasteiger partial charge in [-0.1, -0.05) is 19.3 Å². The molecule has 1 aromatic carbocycles. The first-order valence-corrected chi connectivity index (χ1v) is 9.44. The molecule has 5 nitrogen and oxygen atoms in total. The molecule has 8 heteroatoms. The number of benzene rings is 1. The molecular weight excluding hydrogens is 416 g/mol. The Morgan fingerprint density at radius 1 is 1.14 bits per heavy atom. The molecule has 3 N–H and O–H groups in total. The van der Waals surface area contributed by atoms with E-state index >= 15 is 0 Å². The van der Waals surface area contributed by atoms with Gasteiger partial charge in [0.1, 0.15) is 11.6 Å². The Hall–Kier alpha value is -1.89. The van der Waals surface area contributed by atoms with Gasteiger partial charge < -0.3 is 15.8 Å². The number of carbonyl (C=O) groups is 1. The summed E-state index contributed by atoms with van der Waals surface area (Å²) in [5.41, 5.74) is 6.81. The van der Waals surface area contributed by atoms with Crippen LogP contribution in [-0.2, 0) is 11.3 Å². The Kier molecular flexibility index (Phi) is 10.4. The van der Waals surface area contributed by atoms with E-state index in [0.717, 1.165) is 31.2 Å². The van der Waals surface area contributed by atoms with Crippen LogP contribution in [0.3, 0.4) is 0 Å². The largest absolute Gasteiger partial charge is 0.439 e. The fourth-order valence-corrected chi connectivity index (χ4v) is 3.60. The van der Waals surface area contributed by atoms with E-state index in [1.165, 1.54) is 18.6 Å². The van der Waals surface area contributed by atoms with E-state index in [0.29, 0.717) is 31.1 Å². The molecule has 0 saturated heterocycles. The number of halogens is 3. The van der Waals surface area contributed by atoms with E-state index in [-0.39, 0.29) is 42.0 Å². The van der Waals surface area contributed by atoms with Gasteiger partial charge in [0, 0.05) is 25.2 Å². The first-order valence-electron chi connectivity index (χ1n) is 9.44. The molecule has 1 fully saturated rings. The van der Waals surface area contributed by atoms with Gasteiger partial charge in [0.25, 0.3) is 0 Å². The molecule has 0 unspecified atom stereocenters. The number of hydrogen-bond donors (Lipinski definition) is 2. The molecule has 0 aliphatic heterocycles. The van der Waals surface area contributed by atoms with E-state index in [1.807, 2.05) is 6.07 Å².